The van der Waals surface area contributed by atoms with Crippen molar-refractivity contribution < 1.29 is 0 Å². The molecule has 0 aromatic carbocycles. The van der Waals surface area contributed by atoms with Crippen molar-refractivity contribution in [3.8, 4) is 0 Å². The van der Waals surface area contributed by atoms with Crippen LogP contribution in [-0.2, 0) is 12.0 Å². The van der Waals surface area contributed by atoms with Crippen molar-refractivity contribution >= 4 is 34.6 Å². The van der Waals surface area contributed by atoms with Crippen molar-refractivity contribution in [3.05, 3.63) is 33.2 Å². The average molecular weight is 325 g/mol. The van der Waals surface area contributed by atoms with Crippen LogP contribution in [0.2, 0.25) is 4.34 Å². The second-order valence-corrected chi connectivity index (χ2v) is 7.60. The molecule has 0 atom stereocenters. The van der Waals surface area contributed by atoms with Crippen LogP contribution < -0.4 is 10.6 Å². The van der Waals surface area contributed by atoms with E-state index < -0.39 is 0 Å². The summed E-state index contributed by atoms with van der Waals surface area (Å²) < 4.78 is 0.804. The largest absolute Gasteiger partial charge is 0.370 e. The first kappa shape index (κ1) is 16.0. The Kier molecular flexibility index (Phi) is 5.06. The molecule has 2 heterocycles. The molecule has 0 fully saturated rings. The zero-order valence-corrected chi connectivity index (χ0v) is 14.4. The summed E-state index contributed by atoms with van der Waals surface area (Å²) in [5, 5.41) is 6.60. The third-order valence-electron chi connectivity index (χ3n) is 2.83. The lowest BCUT2D eigenvalue weighted by molar-refractivity contribution is 0.546. The molecule has 0 saturated carbocycles. The molecule has 0 aliphatic rings. The van der Waals surface area contributed by atoms with Gasteiger partial charge in [-0.3, -0.25) is 0 Å². The highest BCUT2D eigenvalue weighted by atomic mass is 35.5. The summed E-state index contributed by atoms with van der Waals surface area (Å²) in [7, 11) is 0. The summed E-state index contributed by atoms with van der Waals surface area (Å²) in [6, 6.07) is 5.87. The van der Waals surface area contributed by atoms with Crippen LogP contribution in [-0.4, -0.2) is 16.5 Å². The predicted molar refractivity (Wildman–Crippen MR) is 91.6 cm³/mol. The number of nitrogens with one attached hydrogen (secondary N) is 2. The fourth-order valence-electron chi connectivity index (χ4n) is 1.77. The number of nitrogens with zero attached hydrogens (tertiary/aromatic N) is 2. The van der Waals surface area contributed by atoms with Crippen molar-refractivity contribution in [1.29, 1.82) is 0 Å². The van der Waals surface area contributed by atoms with Crippen molar-refractivity contribution in [3.63, 3.8) is 0 Å². The zero-order chi connectivity index (χ0) is 15.5. The van der Waals surface area contributed by atoms with E-state index in [4.69, 9.17) is 11.6 Å². The van der Waals surface area contributed by atoms with E-state index >= 15 is 0 Å². The van der Waals surface area contributed by atoms with Crippen LogP contribution in [0.1, 0.15) is 38.4 Å². The second kappa shape index (κ2) is 6.62. The lowest BCUT2D eigenvalue weighted by Crippen LogP contribution is -2.18. The van der Waals surface area contributed by atoms with Gasteiger partial charge < -0.3 is 10.6 Å². The molecule has 2 N–H and O–H groups in total. The van der Waals surface area contributed by atoms with Gasteiger partial charge in [0.05, 0.1) is 10.9 Å². The Labute approximate surface area is 135 Å². The van der Waals surface area contributed by atoms with Gasteiger partial charge in [-0.05, 0) is 19.1 Å². The molecule has 0 spiro atoms. The highest BCUT2D eigenvalue weighted by molar-refractivity contribution is 7.16. The first-order valence-electron chi connectivity index (χ1n) is 7.00. The Morgan fingerprint density at radius 3 is 2.33 bits per heavy atom. The maximum atomic E-state index is 5.95. The number of rotatable bonds is 5. The fourth-order valence-corrected chi connectivity index (χ4v) is 2.80. The molecular formula is C15H21ClN4S. The number of hydrogen-bond acceptors (Lipinski definition) is 5. The van der Waals surface area contributed by atoms with Crippen molar-refractivity contribution in [2.45, 2.75) is 39.7 Å². The van der Waals surface area contributed by atoms with E-state index in [1.807, 2.05) is 18.2 Å². The molecule has 4 nitrogen and oxygen atoms in total. The van der Waals surface area contributed by atoms with Crippen LogP contribution in [0.3, 0.4) is 0 Å². The molecule has 114 valence electrons. The van der Waals surface area contributed by atoms with Crippen LogP contribution in [0.5, 0.6) is 0 Å². The minimum absolute atomic E-state index is 0.0892. The van der Waals surface area contributed by atoms with Gasteiger partial charge in [0.25, 0.3) is 0 Å². The van der Waals surface area contributed by atoms with E-state index in [0.717, 1.165) is 28.3 Å². The average Bonchev–Trinajstić information content (AvgIpc) is 2.81. The fraction of sp³-hybridized carbons (Fsp3) is 0.467. The zero-order valence-electron chi connectivity index (χ0n) is 12.8. The molecule has 0 unspecified atom stereocenters. The SMILES string of the molecule is CCNc1cc(NCc2ccc(Cl)s2)nc(C(C)(C)C)n1. The quantitative estimate of drug-likeness (QED) is 0.848. The highest BCUT2D eigenvalue weighted by Crippen LogP contribution is 2.24. The third kappa shape index (κ3) is 4.58. The van der Waals surface area contributed by atoms with Crippen LogP contribution in [0, 0.1) is 0 Å². The molecular weight excluding hydrogens is 304 g/mol. The standard InChI is InChI=1S/C15H21ClN4S/c1-5-17-12-8-13(20-14(19-12)15(2,3)4)18-9-10-6-7-11(16)21-10/h6-8H,5,9H2,1-4H3,(H2,17,18,19,20). The Morgan fingerprint density at radius 1 is 1.14 bits per heavy atom. The maximum Gasteiger partial charge on any atom is 0.138 e. The summed E-state index contributed by atoms with van der Waals surface area (Å²) in [6.07, 6.45) is 0. The molecule has 21 heavy (non-hydrogen) atoms. The number of thiophene rings is 1. The van der Waals surface area contributed by atoms with Crippen molar-refractivity contribution in [2.75, 3.05) is 17.2 Å². The summed E-state index contributed by atoms with van der Waals surface area (Å²) in [4.78, 5) is 10.4. The minimum atomic E-state index is -0.0892. The Bertz CT molecular complexity index is 604. The number of anilines is 2. The summed E-state index contributed by atoms with van der Waals surface area (Å²) in [5.41, 5.74) is -0.0892. The number of hydrogen-bond donors (Lipinski definition) is 2. The summed E-state index contributed by atoms with van der Waals surface area (Å²) >= 11 is 7.52. The molecule has 0 bridgehead atoms. The van der Waals surface area contributed by atoms with Crippen LogP contribution in [0.4, 0.5) is 11.6 Å². The molecule has 2 aromatic heterocycles. The first-order chi connectivity index (χ1) is 9.88. The van der Waals surface area contributed by atoms with E-state index in [-0.39, 0.29) is 5.41 Å². The van der Waals surface area contributed by atoms with Crippen LogP contribution in [0.25, 0.3) is 0 Å². The van der Waals surface area contributed by atoms with E-state index in [9.17, 15) is 0 Å². The van der Waals surface area contributed by atoms with Crippen molar-refractivity contribution in [1.82, 2.24) is 9.97 Å². The van der Waals surface area contributed by atoms with Gasteiger partial charge in [-0.15, -0.1) is 11.3 Å². The van der Waals surface area contributed by atoms with Gasteiger partial charge >= 0.3 is 0 Å². The van der Waals surface area contributed by atoms with E-state index in [0.29, 0.717) is 6.54 Å². The smallest absolute Gasteiger partial charge is 0.138 e. The molecule has 0 aliphatic carbocycles. The molecule has 2 rings (SSSR count). The number of aromatic nitrogens is 2. The van der Waals surface area contributed by atoms with Crippen LogP contribution >= 0.6 is 22.9 Å². The van der Waals surface area contributed by atoms with Gasteiger partial charge in [0, 0.05) is 22.9 Å². The van der Waals surface area contributed by atoms with Gasteiger partial charge in [-0.1, -0.05) is 32.4 Å². The van der Waals surface area contributed by atoms with Crippen molar-refractivity contribution in [2.24, 2.45) is 0 Å². The van der Waals surface area contributed by atoms with Gasteiger partial charge in [0.2, 0.25) is 0 Å². The van der Waals surface area contributed by atoms with E-state index in [1.165, 1.54) is 4.88 Å². The van der Waals surface area contributed by atoms with Crippen LogP contribution in [0.15, 0.2) is 18.2 Å². The highest BCUT2D eigenvalue weighted by Gasteiger charge is 2.19. The van der Waals surface area contributed by atoms with E-state index in [1.54, 1.807) is 11.3 Å². The van der Waals surface area contributed by atoms with E-state index in [2.05, 4.69) is 48.3 Å². The van der Waals surface area contributed by atoms with Gasteiger partial charge in [0.15, 0.2) is 0 Å². The van der Waals surface area contributed by atoms with Gasteiger partial charge in [-0.25, -0.2) is 9.97 Å². The van der Waals surface area contributed by atoms with Gasteiger partial charge in [0.1, 0.15) is 17.5 Å². The Hall–Kier alpha value is -1.33. The lowest BCUT2D eigenvalue weighted by atomic mass is 9.96. The Morgan fingerprint density at radius 2 is 1.81 bits per heavy atom. The monoisotopic (exact) mass is 324 g/mol. The van der Waals surface area contributed by atoms with Gasteiger partial charge in [-0.2, -0.15) is 0 Å². The lowest BCUT2D eigenvalue weighted by Gasteiger charge is -2.19. The Balaban J connectivity index is 2.19. The molecule has 0 amide bonds. The normalized spacial score (nSPS) is 11.5. The molecule has 0 saturated heterocycles. The topological polar surface area (TPSA) is 49.8 Å². The molecule has 2 aromatic rings. The summed E-state index contributed by atoms with van der Waals surface area (Å²) in [5.74, 6) is 2.51. The maximum absolute atomic E-state index is 5.95. The minimum Gasteiger partial charge on any atom is -0.370 e. The molecule has 0 aliphatic heterocycles. The summed E-state index contributed by atoms with van der Waals surface area (Å²) in [6.45, 7) is 9.94. The molecule has 6 heteroatoms. The molecule has 0 radical (unpaired) electrons. The third-order valence-corrected chi connectivity index (χ3v) is 4.06. The number of halogens is 1. The predicted octanol–water partition coefficient (Wildman–Crippen LogP) is 4.53. The second-order valence-electron chi connectivity index (χ2n) is 5.80. The first-order valence-corrected chi connectivity index (χ1v) is 8.19.